The second kappa shape index (κ2) is 4.16. The Balaban J connectivity index is 2.56. The lowest BCUT2D eigenvalue weighted by molar-refractivity contribution is 0.102. The van der Waals surface area contributed by atoms with E-state index in [0.29, 0.717) is 0 Å². The van der Waals surface area contributed by atoms with Gasteiger partial charge in [-0.15, -0.1) is 0 Å². The topological polar surface area (TPSA) is 30.0 Å². The van der Waals surface area contributed by atoms with Gasteiger partial charge in [0.2, 0.25) is 0 Å². The van der Waals surface area contributed by atoms with Gasteiger partial charge in [-0.3, -0.25) is 4.79 Å². The molecular weight excluding hydrogens is 234 g/mol. The number of nitrogens with zero attached hydrogens (tertiary/aromatic N) is 1. The second-order valence-corrected chi connectivity index (χ2v) is 5.08. The molecule has 0 aliphatic heterocycles. The lowest BCUT2D eigenvalue weighted by atomic mass is 9.98. The first-order valence-corrected chi connectivity index (χ1v) is 6.38. The van der Waals surface area contributed by atoms with Crippen molar-refractivity contribution in [2.75, 3.05) is 0 Å². The minimum atomic E-state index is 0.0881. The van der Waals surface area contributed by atoms with Crippen LogP contribution in [0.3, 0.4) is 0 Å². The molecule has 0 radical (unpaired) electrons. The minimum Gasteiger partial charge on any atom is -0.294 e. The summed E-state index contributed by atoms with van der Waals surface area (Å²) in [7, 11) is 0. The van der Waals surface area contributed by atoms with E-state index < -0.39 is 0 Å². The number of ketones is 1. The zero-order valence-electron chi connectivity index (χ0n) is 11.3. The monoisotopic (exact) mass is 249 g/mol. The van der Waals surface area contributed by atoms with Gasteiger partial charge in [0, 0.05) is 16.3 Å². The van der Waals surface area contributed by atoms with Crippen molar-refractivity contribution in [3.63, 3.8) is 0 Å². The van der Waals surface area contributed by atoms with Crippen LogP contribution in [0.15, 0.2) is 36.4 Å². The van der Waals surface area contributed by atoms with Crippen molar-refractivity contribution in [2.45, 2.75) is 20.8 Å². The third kappa shape index (κ3) is 1.89. The molecule has 1 heterocycles. The van der Waals surface area contributed by atoms with Gasteiger partial charge < -0.3 is 0 Å². The molecule has 0 amide bonds. The van der Waals surface area contributed by atoms with Crippen LogP contribution in [-0.2, 0) is 0 Å². The Labute approximate surface area is 112 Å². The number of carbonyl (C=O) groups is 1. The standard InChI is InChI=1S/C17H15NO/c1-10-4-6-13-15(8-10)18-16-9-11(2)5-7-14(16)17(13)12(3)19/h4-9H,1-3H3. The molecule has 0 unspecified atom stereocenters. The number of hydrogen-bond donors (Lipinski definition) is 0. The zero-order valence-corrected chi connectivity index (χ0v) is 11.3. The number of benzene rings is 2. The van der Waals surface area contributed by atoms with Crippen LogP contribution in [0, 0.1) is 13.8 Å². The summed E-state index contributed by atoms with van der Waals surface area (Å²) >= 11 is 0. The molecule has 0 N–H and O–H groups in total. The second-order valence-electron chi connectivity index (χ2n) is 5.08. The smallest absolute Gasteiger partial charge is 0.161 e. The molecule has 19 heavy (non-hydrogen) atoms. The Bertz CT molecular complexity index is 758. The average molecular weight is 249 g/mol. The van der Waals surface area contributed by atoms with Crippen LogP contribution in [-0.4, -0.2) is 10.8 Å². The summed E-state index contributed by atoms with van der Waals surface area (Å²) in [5.41, 5.74) is 4.87. The fraction of sp³-hybridized carbons (Fsp3) is 0.176. The highest BCUT2D eigenvalue weighted by atomic mass is 16.1. The van der Waals surface area contributed by atoms with Gasteiger partial charge in [0.25, 0.3) is 0 Å². The van der Waals surface area contributed by atoms with Crippen molar-refractivity contribution >= 4 is 27.6 Å². The minimum absolute atomic E-state index is 0.0881. The largest absolute Gasteiger partial charge is 0.294 e. The molecule has 94 valence electrons. The van der Waals surface area contributed by atoms with Gasteiger partial charge in [0.15, 0.2) is 5.78 Å². The number of rotatable bonds is 1. The highest BCUT2D eigenvalue weighted by molar-refractivity contribution is 6.16. The number of fused-ring (bicyclic) bond motifs is 2. The third-order valence-electron chi connectivity index (χ3n) is 3.44. The Kier molecular flexibility index (Phi) is 2.59. The van der Waals surface area contributed by atoms with Crippen molar-refractivity contribution in [3.05, 3.63) is 53.1 Å². The van der Waals surface area contributed by atoms with Gasteiger partial charge in [0.05, 0.1) is 11.0 Å². The molecule has 0 fully saturated rings. The normalized spacial score (nSPS) is 11.1. The first-order chi connectivity index (χ1) is 9.06. The van der Waals surface area contributed by atoms with Gasteiger partial charge in [-0.25, -0.2) is 4.98 Å². The van der Waals surface area contributed by atoms with E-state index >= 15 is 0 Å². The summed E-state index contributed by atoms with van der Waals surface area (Å²) in [6.45, 7) is 5.69. The van der Waals surface area contributed by atoms with E-state index in [1.54, 1.807) is 6.92 Å². The fourth-order valence-electron chi connectivity index (χ4n) is 2.55. The number of carbonyl (C=O) groups excluding carboxylic acids is 1. The van der Waals surface area contributed by atoms with Gasteiger partial charge in [0.1, 0.15) is 0 Å². The Hall–Kier alpha value is -2.22. The molecule has 0 bridgehead atoms. The number of hydrogen-bond acceptors (Lipinski definition) is 2. The van der Waals surface area contributed by atoms with Crippen molar-refractivity contribution in [1.29, 1.82) is 0 Å². The van der Waals surface area contributed by atoms with Crippen LogP contribution in [0.2, 0.25) is 0 Å². The number of Topliss-reactive ketones (excluding diaryl/α,β-unsaturated/α-hetero) is 1. The summed E-state index contributed by atoms with van der Waals surface area (Å²) in [6.07, 6.45) is 0. The average Bonchev–Trinajstić information content (AvgIpc) is 2.35. The number of aromatic nitrogens is 1. The Morgan fingerprint density at radius 1 is 0.895 bits per heavy atom. The van der Waals surface area contributed by atoms with Crippen LogP contribution >= 0.6 is 0 Å². The molecule has 2 heteroatoms. The van der Waals surface area contributed by atoms with Crippen LogP contribution in [0.4, 0.5) is 0 Å². The predicted molar refractivity (Wildman–Crippen MR) is 78.7 cm³/mol. The van der Waals surface area contributed by atoms with Crippen LogP contribution in [0.1, 0.15) is 28.4 Å². The molecule has 0 spiro atoms. The van der Waals surface area contributed by atoms with Crippen LogP contribution < -0.4 is 0 Å². The molecule has 0 saturated carbocycles. The number of pyridine rings is 1. The lowest BCUT2D eigenvalue weighted by Crippen LogP contribution is -1.98. The van der Waals surface area contributed by atoms with Crippen molar-refractivity contribution in [1.82, 2.24) is 4.98 Å². The van der Waals surface area contributed by atoms with Gasteiger partial charge >= 0.3 is 0 Å². The van der Waals surface area contributed by atoms with E-state index in [1.807, 2.05) is 50.2 Å². The summed E-state index contributed by atoms with van der Waals surface area (Å²) in [5.74, 6) is 0.0881. The van der Waals surface area contributed by atoms with E-state index in [2.05, 4.69) is 0 Å². The summed E-state index contributed by atoms with van der Waals surface area (Å²) in [6, 6.07) is 12.1. The quantitative estimate of drug-likeness (QED) is 0.477. The molecule has 2 aromatic carbocycles. The SMILES string of the molecule is CC(=O)c1c2ccc(C)cc2nc2cc(C)ccc12. The lowest BCUT2D eigenvalue weighted by Gasteiger charge is -2.09. The third-order valence-corrected chi connectivity index (χ3v) is 3.44. The molecule has 0 aliphatic rings. The van der Waals surface area contributed by atoms with Crippen molar-refractivity contribution < 1.29 is 4.79 Å². The number of aryl methyl sites for hydroxylation is 2. The summed E-state index contributed by atoms with van der Waals surface area (Å²) < 4.78 is 0. The molecule has 1 aromatic heterocycles. The molecular formula is C17H15NO. The van der Waals surface area contributed by atoms with E-state index in [9.17, 15) is 4.79 Å². The van der Waals surface area contributed by atoms with Gasteiger partial charge in [-0.1, -0.05) is 24.3 Å². The molecule has 3 aromatic rings. The maximum absolute atomic E-state index is 12.0. The van der Waals surface area contributed by atoms with Gasteiger partial charge in [-0.05, 0) is 44.0 Å². The zero-order chi connectivity index (χ0) is 13.6. The van der Waals surface area contributed by atoms with E-state index in [1.165, 1.54) is 0 Å². The highest BCUT2D eigenvalue weighted by Gasteiger charge is 2.12. The van der Waals surface area contributed by atoms with Gasteiger partial charge in [-0.2, -0.15) is 0 Å². The van der Waals surface area contributed by atoms with Crippen LogP contribution in [0.5, 0.6) is 0 Å². The Morgan fingerprint density at radius 2 is 1.37 bits per heavy atom. The molecule has 0 atom stereocenters. The van der Waals surface area contributed by atoms with E-state index in [-0.39, 0.29) is 5.78 Å². The van der Waals surface area contributed by atoms with Crippen molar-refractivity contribution in [2.24, 2.45) is 0 Å². The van der Waals surface area contributed by atoms with E-state index in [4.69, 9.17) is 4.98 Å². The Morgan fingerprint density at radius 3 is 1.79 bits per heavy atom. The van der Waals surface area contributed by atoms with Crippen LogP contribution in [0.25, 0.3) is 21.8 Å². The first-order valence-electron chi connectivity index (χ1n) is 6.38. The summed E-state index contributed by atoms with van der Waals surface area (Å²) in [5, 5.41) is 1.88. The molecule has 0 saturated heterocycles. The molecule has 0 aliphatic carbocycles. The van der Waals surface area contributed by atoms with Crippen molar-refractivity contribution in [3.8, 4) is 0 Å². The first kappa shape index (κ1) is 11.8. The van der Waals surface area contributed by atoms with E-state index in [0.717, 1.165) is 38.5 Å². The maximum Gasteiger partial charge on any atom is 0.161 e. The fourth-order valence-corrected chi connectivity index (χ4v) is 2.55. The summed E-state index contributed by atoms with van der Waals surface area (Å²) in [4.78, 5) is 16.7. The predicted octanol–water partition coefficient (Wildman–Crippen LogP) is 4.21. The maximum atomic E-state index is 12.0. The molecule has 3 rings (SSSR count). The molecule has 2 nitrogen and oxygen atoms in total. The highest BCUT2D eigenvalue weighted by Crippen LogP contribution is 2.27.